The lowest BCUT2D eigenvalue weighted by atomic mass is 10.1. The number of benzene rings is 2. The van der Waals surface area contributed by atoms with E-state index >= 15 is 0 Å². The third-order valence-corrected chi connectivity index (χ3v) is 5.92. The highest BCUT2D eigenvalue weighted by molar-refractivity contribution is 6.36. The van der Waals surface area contributed by atoms with Gasteiger partial charge in [0.25, 0.3) is 0 Å². The van der Waals surface area contributed by atoms with Gasteiger partial charge in [0.2, 0.25) is 0 Å². The first-order valence-corrected chi connectivity index (χ1v) is 10.8. The minimum atomic E-state index is -0.0783. The number of halogens is 2. The predicted molar refractivity (Wildman–Crippen MR) is 126 cm³/mol. The van der Waals surface area contributed by atoms with Crippen LogP contribution in [0, 0.1) is 13.8 Å². The lowest BCUT2D eigenvalue weighted by molar-refractivity contribution is 0.208. The molecule has 0 atom stereocenters. The number of aromatic nitrogens is 2. The summed E-state index contributed by atoms with van der Waals surface area (Å²) in [6.07, 6.45) is 0. The summed E-state index contributed by atoms with van der Waals surface area (Å²) in [7, 11) is 0. The summed E-state index contributed by atoms with van der Waals surface area (Å²) >= 11 is 12.2. The van der Waals surface area contributed by atoms with Gasteiger partial charge in [0.05, 0.1) is 10.7 Å². The molecule has 4 rings (SSSR count). The Morgan fingerprint density at radius 2 is 1.71 bits per heavy atom. The Balaban J connectivity index is 1.36. The van der Waals surface area contributed by atoms with Gasteiger partial charge in [0.1, 0.15) is 0 Å². The Labute approximate surface area is 191 Å². The Morgan fingerprint density at radius 1 is 0.935 bits per heavy atom. The third-order valence-electron chi connectivity index (χ3n) is 5.37. The van der Waals surface area contributed by atoms with Gasteiger partial charge in [-0.3, -0.25) is 0 Å². The Kier molecular flexibility index (Phi) is 6.30. The molecule has 1 N–H and O–H groups in total. The number of nitrogens with one attached hydrogen (secondary N) is 1. The maximum atomic E-state index is 12.7. The Morgan fingerprint density at radius 3 is 2.35 bits per heavy atom. The average Bonchev–Trinajstić information content (AvgIpc) is 2.76. The molecule has 0 radical (unpaired) electrons. The van der Waals surface area contributed by atoms with E-state index in [0.29, 0.717) is 41.9 Å². The molecule has 31 heavy (non-hydrogen) atoms. The first kappa shape index (κ1) is 21.4. The van der Waals surface area contributed by atoms with E-state index in [1.54, 1.807) is 12.1 Å². The number of carbonyl (C=O) groups excluding carboxylic acids is 1. The van der Waals surface area contributed by atoms with Crippen molar-refractivity contribution in [1.82, 2.24) is 15.1 Å². The number of urea groups is 1. The summed E-state index contributed by atoms with van der Waals surface area (Å²) in [6.45, 7) is 6.65. The average molecular weight is 456 g/mol. The highest BCUT2D eigenvalue weighted by Gasteiger charge is 2.22. The van der Waals surface area contributed by atoms with Crippen LogP contribution >= 0.6 is 23.2 Å². The van der Waals surface area contributed by atoms with Crippen molar-refractivity contribution in [3.05, 3.63) is 69.7 Å². The van der Waals surface area contributed by atoms with Crippen molar-refractivity contribution in [2.45, 2.75) is 13.8 Å². The summed E-state index contributed by atoms with van der Waals surface area (Å²) in [5.74, 6) is 0.781. The molecule has 8 heteroatoms. The van der Waals surface area contributed by atoms with Gasteiger partial charge >= 0.3 is 6.03 Å². The molecule has 0 spiro atoms. The largest absolute Gasteiger partial charge is 0.352 e. The Hall–Kier alpha value is -2.83. The minimum Gasteiger partial charge on any atom is -0.352 e. The van der Waals surface area contributed by atoms with Gasteiger partial charge in [-0.05, 0) is 55.8 Å². The van der Waals surface area contributed by atoms with Gasteiger partial charge in [0, 0.05) is 42.5 Å². The van der Waals surface area contributed by atoms with E-state index in [-0.39, 0.29) is 6.03 Å². The molecular weight excluding hydrogens is 433 g/mol. The van der Waals surface area contributed by atoms with Crippen molar-refractivity contribution in [2.75, 3.05) is 36.4 Å². The summed E-state index contributed by atoms with van der Waals surface area (Å²) < 4.78 is 0. The van der Waals surface area contributed by atoms with Crippen LogP contribution in [-0.2, 0) is 0 Å². The second-order valence-electron chi connectivity index (χ2n) is 7.62. The first-order valence-electron chi connectivity index (χ1n) is 10.1. The molecule has 1 fully saturated rings. The van der Waals surface area contributed by atoms with Gasteiger partial charge in [-0.2, -0.15) is 0 Å². The van der Waals surface area contributed by atoms with E-state index in [4.69, 9.17) is 23.2 Å². The van der Waals surface area contributed by atoms with Gasteiger partial charge in [-0.1, -0.05) is 40.9 Å². The minimum absolute atomic E-state index is 0.0783. The van der Waals surface area contributed by atoms with Gasteiger partial charge in [-0.25, -0.2) is 4.79 Å². The second kappa shape index (κ2) is 9.12. The first-order chi connectivity index (χ1) is 14.9. The van der Waals surface area contributed by atoms with Crippen molar-refractivity contribution in [3.8, 4) is 11.3 Å². The SMILES string of the molecule is Cc1ccc(NC(=O)N2CCN(c3ccc(-c4ccc(Cl)cc4Cl)nn3)CC2)c(C)c1. The van der Waals surface area contributed by atoms with E-state index < -0.39 is 0 Å². The number of anilines is 2. The highest BCUT2D eigenvalue weighted by Crippen LogP contribution is 2.29. The summed E-state index contributed by atoms with van der Waals surface area (Å²) in [5.41, 5.74) is 4.56. The number of piperazine rings is 1. The molecule has 3 aromatic rings. The third kappa shape index (κ3) is 4.92. The number of nitrogens with zero attached hydrogens (tertiary/aromatic N) is 4. The van der Waals surface area contributed by atoms with E-state index in [1.807, 2.05) is 49.1 Å². The lowest BCUT2D eigenvalue weighted by Crippen LogP contribution is -2.50. The molecule has 2 amide bonds. The smallest absolute Gasteiger partial charge is 0.321 e. The molecule has 1 aliphatic rings. The number of hydrogen-bond donors (Lipinski definition) is 1. The molecule has 0 unspecified atom stereocenters. The maximum Gasteiger partial charge on any atom is 0.321 e. The highest BCUT2D eigenvalue weighted by atomic mass is 35.5. The van der Waals surface area contributed by atoms with E-state index in [1.165, 1.54) is 5.56 Å². The van der Waals surface area contributed by atoms with Crippen LogP contribution in [0.15, 0.2) is 48.5 Å². The normalized spacial score (nSPS) is 13.9. The number of carbonyl (C=O) groups is 1. The van der Waals surface area contributed by atoms with Crippen LogP contribution in [-0.4, -0.2) is 47.3 Å². The van der Waals surface area contributed by atoms with Crippen molar-refractivity contribution >= 4 is 40.7 Å². The molecular formula is C23H23Cl2N5O. The van der Waals surface area contributed by atoms with Gasteiger partial charge in [0.15, 0.2) is 5.82 Å². The number of rotatable bonds is 3. The fraction of sp³-hybridized carbons (Fsp3) is 0.261. The zero-order chi connectivity index (χ0) is 22.0. The summed E-state index contributed by atoms with van der Waals surface area (Å²) in [6, 6.07) is 15.1. The molecule has 1 aliphatic heterocycles. The van der Waals surface area contributed by atoms with Crippen molar-refractivity contribution in [2.24, 2.45) is 0 Å². The van der Waals surface area contributed by atoms with Crippen LogP contribution in [0.4, 0.5) is 16.3 Å². The van der Waals surface area contributed by atoms with Crippen LogP contribution in [0.3, 0.4) is 0 Å². The monoisotopic (exact) mass is 455 g/mol. The number of amides is 2. The van der Waals surface area contributed by atoms with E-state index in [0.717, 1.165) is 22.6 Å². The molecule has 0 bridgehead atoms. The standard InChI is InChI=1S/C23H23Cl2N5O/c1-15-3-6-20(16(2)13-15)26-23(31)30-11-9-29(10-12-30)22-8-7-21(27-28-22)18-5-4-17(24)14-19(18)25/h3-8,13-14H,9-12H2,1-2H3,(H,26,31). The Bertz CT molecular complexity index is 1100. The van der Waals surface area contributed by atoms with Crippen LogP contribution in [0.2, 0.25) is 10.0 Å². The molecule has 2 heterocycles. The molecule has 0 aliphatic carbocycles. The van der Waals surface area contributed by atoms with Crippen molar-refractivity contribution in [3.63, 3.8) is 0 Å². The van der Waals surface area contributed by atoms with E-state index in [9.17, 15) is 4.79 Å². The van der Waals surface area contributed by atoms with Crippen molar-refractivity contribution < 1.29 is 4.79 Å². The molecule has 1 saturated heterocycles. The van der Waals surface area contributed by atoms with E-state index in [2.05, 4.69) is 26.5 Å². The van der Waals surface area contributed by atoms with Crippen LogP contribution in [0.25, 0.3) is 11.3 Å². The zero-order valence-electron chi connectivity index (χ0n) is 17.4. The van der Waals surface area contributed by atoms with Crippen molar-refractivity contribution in [1.29, 1.82) is 0 Å². The fourth-order valence-electron chi connectivity index (χ4n) is 3.62. The van der Waals surface area contributed by atoms with Gasteiger partial charge in [-0.15, -0.1) is 10.2 Å². The maximum absolute atomic E-state index is 12.7. The molecule has 0 saturated carbocycles. The zero-order valence-corrected chi connectivity index (χ0v) is 18.9. The summed E-state index contributed by atoms with van der Waals surface area (Å²) in [5, 5.41) is 12.8. The lowest BCUT2D eigenvalue weighted by Gasteiger charge is -2.35. The predicted octanol–water partition coefficient (Wildman–Crippen LogP) is 5.42. The van der Waals surface area contributed by atoms with Crippen LogP contribution in [0.5, 0.6) is 0 Å². The fourth-order valence-corrected chi connectivity index (χ4v) is 4.13. The van der Waals surface area contributed by atoms with Gasteiger partial charge < -0.3 is 15.1 Å². The van der Waals surface area contributed by atoms with Crippen LogP contribution < -0.4 is 10.2 Å². The molecule has 2 aromatic carbocycles. The van der Waals surface area contributed by atoms with Crippen LogP contribution in [0.1, 0.15) is 11.1 Å². The second-order valence-corrected chi connectivity index (χ2v) is 8.47. The molecule has 1 aromatic heterocycles. The molecule has 6 nitrogen and oxygen atoms in total. The molecule has 160 valence electrons. The number of aryl methyl sites for hydroxylation is 2. The quantitative estimate of drug-likeness (QED) is 0.572. The number of hydrogen-bond acceptors (Lipinski definition) is 4. The summed E-state index contributed by atoms with van der Waals surface area (Å²) in [4.78, 5) is 16.6. The topological polar surface area (TPSA) is 61.4 Å².